The molecule has 12 heteroatoms. The van der Waals surface area contributed by atoms with Gasteiger partial charge in [-0.25, -0.2) is 19.3 Å². The number of pyridine rings is 3. The molecular weight excluding hydrogens is 490 g/mol. The maximum atomic E-state index is 16.4. The van der Waals surface area contributed by atoms with E-state index < -0.39 is 40.6 Å². The molecule has 37 heavy (non-hydrogen) atoms. The van der Waals surface area contributed by atoms with Crippen molar-refractivity contribution < 1.29 is 22.3 Å². The minimum absolute atomic E-state index is 0.0654. The van der Waals surface area contributed by atoms with E-state index >= 15 is 4.39 Å². The Morgan fingerprint density at radius 3 is 2.62 bits per heavy atom. The predicted octanol–water partition coefficient (Wildman–Crippen LogP) is 4.01. The summed E-state index contributed by atoms with van der Waals surface area (Å²) in [6, 6.07) is 3.09. The normalized spacial score (nSPS) is 24.4. The molecule has 2 saturated heterocycles. The van der Waals surface area contributed by atoms with Crippen LogP contribution in [0.1, 0.15) is 42.3 Å². The first-order valence-electron chi connectivity index (χ1n) is 12.0. The highest BCUT2D eigenvalue weighted by Gasteiger charge is 2.47. The van der Waals surface area contributed by atoms with Crippen molar-refractivity contribution in [1.82, 2.24) is 20.3 Å². The Labute approximate surface area is 209 Å². The van der Waals surface area contributed by atoms with Crippen molar-refractivity contribution in [3.8, 4) is 23.2 Å². The van der Waals surface area contributed by atoms with Gasteiger partial charge in [0.05, 0.1) is 33.9 Å². The number of alkyl halides is 3. The number of rotatable bonds is 1. The van der Waals surface area contributed by atoms with Crippen LogP contribution in [0.25, 0.3) is 22.0 Å². The third-order valence-electron chi connectivity index (χ3n) is 7.60. The summed E-state index contributed by atoms with van der Waals surface area (Å²) in [6.45, 7) is 5.20. The second-order valence-corrected chi connectivity index (χ2v) is 9.90. The molecule has 192 valence electrons. The first-order chi connectivity index (χ1) is 17.5. The fraction of sp³-hybridized carbons (Fsp3) is 0.440. The molecule has 2 bridgehead atoms. The zero-order valence-corrected chi connectivity index (χ0v) is 20.2. The van der Waals surface area contributed by atoms with Crippen LogP contribution in [0.15, 0.2) is 6.07 Å². The topological polar surface area (TPSA) is 113 Å². The molecule has 0 aromatic carbocycles. The van der Waals surface area contributed by atoms with Crippen LogP contribution in [0, 0.1) is 31.0 Å². The summed E-state index contributed by atoms with van der Waals surface area (Å²) in [5.74, 6) is -0.920. The largest absolute Gasteiger partial charge is 0.472 e. The van der Waals surface area contributed by atoms with Gasteiger partial charge in [0, 0.05) is 29.6 Å². The molecule has 3 aromatic heterocycles. The number of anilines is 2. The number of nitrogens with zero attached hydrogens (tertiary/aromatic N) is 5. The smallest absolute Gasteiger partial charge is 0.418 e. The van der Waals surface area contributed by atoms with E-state index in [1.54, 1.807) is 6.92 Å². The van der Waals surface area contributed by atoms with Crippen LogP contribution in [-0.4, -0.2) is 45.7 Å². The molecular formula is C25H23F4N7O. The summed E-state index contributed by atoms with van der Waals surface area (Å²) in [4.78, 5) is 14.8. The van der Waals surface area contributed by atoms with E-state index in [0.29, 0.717) is 12.4 Å². The van der Waals surface area contributed by atoms with Crippen LogP contribution in [-0.2, 0) is 6.18 Å². The lowest BCUT2D eigenvalue weighted by Crippen LogP contribution is -2.62. The third kappa shape index (κ3) is 3.40. The number of nitrogens with two attached hydrogens (primary N) is 1. The Balaban J connectivity index is 1.71. The number of nitriles is 1. The Kier molecular flexibility index (Phi) is 5.04. The quantitative estimate of drug-likeness (QED) is 0.470. The Hall–Kier alpha value is -3.72. The Morgan fingerprint density at radius 2 is 1.92 bits per heavy atom. The summed E-state index contributed by atoms with van der Waals surface area (Å²) in [6.07, 6.45) is -3.40. The van der Waals surface area contributed by atoms with E-state index in [-0.39, 0.29) is 51.9 Å². The van der Waals surface area contributed by atoms with Gasteiger partial charge in [0.2, 0.25) is 5.88 Å². The number of aromatic nitrogens is 3. The molecule has 8 nitrogen and oxygen atoms in total. The molecule has 0 saturated carbocycles. The summed E-state index contributed by atoms with van der Waals surface area (Å²) in [7, 11) is 0. The highest BCUT2D eigenvalue weighted by Crippen LogP contribution is 2.47. The van der Waals surface area contributed by atoms with Crippen molar-refractivity contribution in [2.45, 2.75) is 64.0 Å². The number of hydrogen-bond acceptors (Lipinski definition) is 8. The van der Waals surface area contributed by atoms with E-state index in [1.165, 1.54) is 0 Å². The van der Waals surface area contributed by atoms with Crippen molar-refractivity contribution in [3.05, 3.63) is 34.4 Å². The average Bonchev–Trinajstić information content (AvgIpc) is 3.13. The van der Waals surface area contributed by atoms with Crippen LogP contribution in [0.5, 0.6) is 5.88 Å². The van der Waals surface area contributed by atoms with Crippen molar-refractivity contribution in [2.75, 3.05) is 17.2 Å². The zero-order chi connectivity index (χ0) is 26.4. The monoisotopic (exact) mass is 513 g/mol. The van der Waals surface area contributed by atoms with Gasteiger partial charge in [-0.15, -0.1) is 0 Å². The van der Waals surface area contributed by atoms with Crippen molar-refractivity contribution in [3.63, 3.8) is 0 Å². The molecule has 3 aliphatic rings. The van der Waals surface area contributed by atoms with Crippen LogP contribution in [0.3, 0.4) is 0 Å². The SMILES string of the molecule is Cc1nc(N)cc(-c2nc3c4c(nc(C)c(C#N)c4c2F)N2C[C@H]4CC[C@H](N4)[C@H]2[C@H](C)O3)c1C(F)(F)F. The second kappa shape index (κ2) is 7.89. The van der Waals surface area contributed by atoms with Gasteiger partial charge in [-0.05, 0) is 39.7 Å². The molecule has 3 aliphatic heterocycles. The van der Waals surface area contributed by atoms with Crippen molar-refractivity contribution in [1.29, 1.82) is 5.26 Å². The molecule has 0 radical (unpaired) electrons. The maximum Gasteiger partial charge on any atom is 0.418 e. The number of halogens is 4. The number of fused-ring (bicyclic) bond motifs is 5. The summed E-state index contributed by atoms with van der Waals surface area (Å²) in [5, 5.41) is 13.6. The lowest BCUT2D eigenvalue weighted by atomic mass is 9.97. The van der Waals surface area contributed by atoms with Gasteiger partial charge in [0.1, 0.15) is 29.5 Å². The second-order valence-electron chi connectivity index (χ2n) is 9.90. The van der Waals surface area contributed by atoms with E-state index in [0.717, 1.165) is 25.8 Å². The zero-order valence-electron chi connectivity index (χ0n) is 20.2. The molecule has 3 aromatic rings. The minimum Gasteiger partial charge on any atom is -0.472 e. The highest BCUT2D eigenvalue weighted by atomic mass is 19.4. The standard InChI is InChI=1S/C25H23F4N7O/c1-9-14(7-30)17-18-23(33-9)36-8-12-4-5-15(34-12)22(36)11(3)37-24(18)35-21(20(17)26)13-6-16(31)32-10(2)19(13)25(27,28)29/h6,11-12,15,22,34H,4-5,8H2,1-3H3,(H2,31,32)/t11-,12+,15-,22+/m0/s1. The first kappa shape index (κ1) is 23.7. The van der Waals surface area contributed by atoms with Crippen LogP contribution < -0.4 is 20.7 Å². The summed E-state index contributed by atoms with van der Waals surface area (Å²) < 4.78 is 65.0. The molecule has 4 atom stereocenters. The molecule has 6 heterocycles. The number of nitrogens with one attached hydrogen (secondary N) is 1. The molecule has 3 N–H and O–H groups in total. The minimum atomic E-state index is -4.85. The van der Waals surface area contributed by atoms with Crippen LogP contribution in [0.2, 0.25) is 0 Å². The predicted molar refractivity (Wildman–Crippen MR) is 128 cm³/mol. The molecule has 0 amide bonds. The van der Waals surface area contributed by atoms with Gasteiger partial charge < -0.3 is 20.7 Å². The van der Waals surface area contributed by atoms with Gasteiger partial charge in [0.15, 0.2) is 5.82 Å². The van der Waals surface area contributed by atoms with E-state index in [1.807, 2.05) is 13.0 Å². The Bertz CT molecular complexity index is 1520. The van der Waals surface area contributed by atoms with E-state index in [2.05, 4.69) is 25.2 Å². The lowest BCUT2D eigenvalue weighted by molar-refractivity contribution is -0.137. The number of hydrogen-bond donors (Lipinski definition) is 2. The highest BCUT2D eigenvalue weighted by molar-refractivity contribution is 6.03. The number of nitrogen functional groups attached to an aromatic ring is 1. The molecule has 6 rings (SSSR count). The van der Waals surface area contributed by atoms with Gasteiger partial charge in [0.25, 0.3) is 0 Å². The lowest BCUT2D eigenvalue weighted by Gasteiger charge is -2.43. The fourth-order valence-corrected chi connectivity index (χ4v) is 6.18. The molecule has 0 spiro atoms. The van der Waals surface area contributed by atoms with Crippen LogP contribution >= 0.6 is 0 Å². The Morgan fingerprint density at radius 1 is 1.16 bits per heavy atom. The number of piperazine rings is 1. The third-order valence-corrected chi connectivity index (χ3v) is 7.60. The van der Waals surface area contributed by atoms with Gasteiger partial charge in [-0.1, -0.05) is 0 Å². The van der Waals surface area contributed by atoms with E-state index in [4.69, 9.17) is 10.5 Å². The molecule has 2 fully saturated rings. The van der Waals surface area contributed by atoms with Gasteiger partial charge in [-0.3, -0.25) is 0 Å². The van der Waals surface area contributed by atoms with Gasteiger partial charge in [-0.2, -0.15) is 18.4 Å². The average molecular weight is 513 g/mol. The summed E-state index contributed by atoms with van der Waals surface area (Å²) >= 11 is 0. The maximum absolute atomic E-state index is 16.4. The fourth-order valence-electron chi connectivity index (χ4n) is 6.18. The summed E-state index contributed by atoms with van der Waals surface area (Å²) in [5.41, 5.74) is 3.25. The van der Waals surface area contributed by atoms with Crippen LogP contribution in [0.4, 0.5) is 29.2 Å². The molecule has 0 aliphatic carbocycles. The van der Waals surface area contributed by atoms with Crippen molar-refractivity contribution >= 4 is 22.4 Å². The van der Waals surface area contributed by atoms with Gasteiger partial charge >= 0.3 is 6.18 Å². The van der Waals surface area contributed by atoms with Crippen molar-refractivity contribution in [2.24, 2.45) is 0 Å². The number of aryl methyl sites for hydroxylation is 2. The first-order valence-corrected chi connectivity index (χ1v) is 12.0. The molecule has 0 unspecified atom stereocenters. The van der Waals surface area contributed by atoms with E-state index in [9.17, 15) is 18.4 Å². The number of ether oxygens (including phenoxy) is 1.